The third-order valence-electron chi connectivity index (χ3n) is 1.77. The van der Waals surface area contributed by atoms with Crippen molar-refractivity contribution in [2.45, 2.75) is 26.5 Å². The minimum Gasteiger partial charge on any atom is -0.381 e. The van der Waals surface area contributed by atoms with Gasteiger partial charge in [0.15, 0.2) is 11.6 Å². The predicted octanol–water partition coefficient (Wildman–Crippen LogP) is 2.40. The van der Waals surface area contributed by atoms with Crippen LogP contribution in [0.4, 0.5) is 10.2 Å². The minimum atomic E-state index is -0.507. The molecule has 1 aromatic rings. The summed E-state index contributed by atoms with van der Waals surface area (Å²) in [5.74, 6) is 2.41. The van der Waals surface area contributed by atoms with Gasteiger partial charge in [0.05, 0.1) is 11.4 Å². The second-order valence-corrected chi connectivity index (χ2v) is 4.86. The Morgan fingerprint density at radius 3 is 2.60 bits per heavy atom. The second kappa shape index (κ2) is 5.30. The Morgan fingerprint density at radius 2 is 2.07 bits per heavy atom. The van der Waals surface area contributed by atoms with Crippen LogP contribution in [-0.4, -0.2) is 15.7 Å². The Labute approximate surface area is 93.7 Å². The molecule has 0 aliphatic carbocycles. The van der Waals surface area contributed by atoms with Gasteiger partial charge >= 0.3 is 0 Å². The summed E-state index contributed by atoms with van der Waals surface area (Å²) in [4.78, 5) is 7.94. The standard InChI is InChI=1S/C10H16FN3S/c1-6(2)4-15-5-8-13-7(3)9(11)10(12)14-8/h6H,4-5H2,1-3H3,(H2,12,13,14). The monoisotopic (exact) mass is 229 g/mol. The Kier molecular flexibility index (Phi) is 4.32. The average molecular weight is 229 g/mol. The van der Waals surface area contributed by atoms with E-state index >= 15 is 0 Å². The lowest BCUT2D eigenvalue weighted by Crippen LogP contribution is -2.05. The Bertz CT molecular complexity index is 318. The highest BCUT2D eigenvalue weighted by molar-refractivity contribution is 7.98. The van der Waals surface area contributed by atoms with Gasteiger partial charge in [0.2, 0.25) is 0 Å². The molecule has 0 fully saturated rings. The van der Waals surface area contributed by atoms with Gasteiger partial charge in [0, 0.05) is 0 Å². The van der Waals surface area contributed by atoms with Crippen molar-refractivity contribution >= 4 is 17.6 Å². The number of nitrogens with zero attached hydrogens (tertiary/aromatic N) is 2. The summed E-state index contributed by atoms with van der Waals surface area (Å²) < 4.78 is 13.1. The number of rotatable bonds is 4. The highest BCUT2D eigenvalue weighted by atomic mass is 32.2. The molecule has 1 rings (SSSR count). The molecule has 3 nitrogen and oxygen atoms in total. The molecule has 1 heterocycles. The molecule has 0 aromatic carbocycles. The van der Waals surface area contributed by atoms with E-state index in [1.807, 2.05) is 0 Å². The zero-order valence-corrected chi connectivity index (χ0v) is 10.1. The van der Waals surface area contributed by atoms with Crippen molar-refractivity contribution < 1.29 is 4.39 Å². The fourth-order valence-corrected chi connectivity index (χ4v) is 1.99. The number of anilines is 1. The zero-order valence-electron chi connectivity index (χ0n) is 9.25. The highest BCUT2D eigenvalue weighted by Crippen LogP contribution is 2.16. The van der Waals surface area contributed by atoms with Crippen LogP contribution in [0, 0.1) is 18.7 Å². The molecule has 0 amide bonds. The molecular formula is C10H16FN3S. The summed E-state index contributed by atoms with van der Waals surface area (Å²) in [5.41, 5.74) is 5.74. The minimum absolute atomic E-state index is 0.0531. The lowest BCUT2D eigenvalue weighted by molar-refractivity contribution is 0.604. The van der Waals surface area contributed by atoms with E-state index in [1.54, 1.807) is 18.7 Å². The van der Waals surface area contributed by atoms with Gasteiger partial charge in [-0.15, -0.1) is 0 Å². The maximum absolute atomic E-state index is 13.1. The van der Waals surface area contributed by atoms with E-state index in [2.05, 4.69) is 23.8 Å². The van der Waals surface area contributed by atoms with E-state index in [0.29, 0.717) is 23.2 Å². The fraction of sp³-hybridized carbons (Fsp3) is 0.600. The number of hydrogen-bond acceptors (Lipinski definition) is 4. The first-order valence-corrected chi connectivity index (χ1v) is 6.02. The zero-order chi connectivity index (χ0) is 11.4. The quantitative estimate of drug-likeness (QED) is 0.861. The van der Waals surface area contributed by atoms with Gasteiger partial charge in [-0.05, 0) is 18.6 Å². The van der Waals surface area contributed by atoms with E-state index in [1.165, 1.54) is 0 Å². The largest absolute Gasteiger partial charge is 0.381 e. The molecule has 0 saturated carbocycles. The van der Waals surface area contributed by atoms with Crippen LogP contribution in [0.25, 0.3) is 0 Å². The molecule has 0 saturated heterocycles. The van der Waals surface area contributed by atoms with Crippen molar-refractivity contribution in [2.24, 2.45) is 5.92 Å². The van der Waals surface area contributed by atoms with Crippen LogP contribution < -0.4 is 5.73 Å². The number of thioether (sulfide) groups is 1. The normalized spacial score (nSPS) is 11.0. The Hall–Kier alpha value is -0.840. The lowest BCUT2D eigenvalue weighted by atomic mass is 10.3. The molecule has 0 atom stereocenters. The fourth-order valence-electron chi connectivity index (χ4n) is 1.09. The molecule has 1 aromatic heterocycles. The summed E-state index contributed by atoms with van der Waals surface area (Å²) in [5, 5.41) is 0. The third kappa shape index (κ3) is 3.66. The molecule has 0 aliphatic heterocycles. The SMILES string of the molecule is Cc1nc(CSCC(C)C)nc(N)c1F. The van der Waals surface area contributed by atoms with Crippen LogP contribution >= 0.6 is 11.8 Å². The van der Waals surface area contributed by atoms with Gasteiger partial charge in [-0.25, -0.2) is 14.4 Å². The first-order chi connectivity index (χ1) is 7.00. The predicted molar refractivity (Wildman–Crippen MR) is 62.1 cm³/mol. The van der Waals surface area contributed by atoms with E-state index in [4.69, 9.17) is 5.73 Å². The number of aromatic nitrogens is 2. The van der Waals surface area contributed by atoms with Crippen molar-refractivity contribution in [3.05, 3.63) is 17.3 Å². The molecule has 0 bridgehead atoms. The van der Waals surface area contributed by atoms with Crippen molar-refractivity contribution in [1.29, 1.82) is 0 Å². The maximum atomic E-state index is 13.1. The number of aryl methyl sites for hydroxylation is 1. The molecule has 0 spiro atoms. The van der Waals surface area contributed by atoms with Gasteiger partial charge in [-0.1, -0.05) is 13.8 Å². The van der Waals surface area contributed by atoms with Gasteiger partial charge in [-0.2, -0.15) is 11.8 Å². The maximum Gasteiger partial charge on any atom is 0.186 e. The Balaban J connectivity index is 2.63. The van der Waals surface area contributed by atoms with Crippen LogP contribution in [-0.2, 0) is 5.75 Å². The topological polar surface area (TPSA) is 51.8 Å². The summed E-state index contributed by atoms with van der Waals surface area (Å²) >= 11 is 1.73. The van der Waals surface area contributed by atoms with Crippen molar-refractivity contribution in [2.75, 3.05) is 11.5 Å². The van der Waals surface area contributed by atoms with Crippen molar-refractivity contribution in [3.8, 4) is 0 Å². The van der Waals surface area contributed by atoms with Gasteiger partial charge in [0.25, 0.3) is 0 Å². The third-order valence-corrected chi connectivity index (χ3v) is 3.14. The first kappa shape index (κ1) is 12.2. The smallest absolute Gasteiger partial charge is 0.186 e. The van der Waals surface area contributed by atoms with Crippen LogP contribution in [0.5, 0.6) is 0 Å². The molecule has 0 aliphatic rings. The molecule has 0 unspecified atom stereocenters. The Morgan fingerprint density at radius 1 is 1.40 bits per heavy atom. The average Bonchev–Trinajstić information content (AvgIpc) is 2.13. The molecular weight excluding hydrogens is 213 g/mol. The van der Waals surface area contributed by atoms with E-state index in [9.17, 15) is 4.39 Å². The molecule has 2 N–H and O–H groups in total. The van der Waals surface area contributed by atoms with E-state index in [-0.39, 0.29) is 5.82 Å². The summed E-state index contributed by atoms with van der Waals surface area (Å²) in [6, 6.07) is 0. The van der Waals surface area contributed by atoms with Gasteiger partial charge in [-0.3, -0.25) is 0 Å². The molecule has 84 valence electrons. The van der Waals surface area contributed by atoms with E-state index in [0.717, 1.165) is 5.75 Å². The van der Waals surface area contributed by atoms with Crippen LogP contribution in [0.15, 0.2) is 0 Å². The van der Waals surface area contributed by atoms with Crippen LogP contribution in [0.3, 0.4) is 0 Å². The van der Waals surface area contributed by atoms with Crippen LogP contribution in [0.1, 0.15) is 25.4 Å². The van der Waals surface area contributed by atoms with Gasteiger partial charge < -0.3 is 5.73 Å². The number of hydrogen-bond donors (Lipinski definition) is 1. The summed E-state index contributed by atoms with van der Waals surface area (Å²) in [6.07, 6.45) is 0. The summed E-state index contributed by atoms with van der Waals surface area (Å²) in [7, 11) is 0. The first-order valence-electron chi connectivity index (χ1n) is 4.87. The van der Waals surface area contributed by atoms with Crippen molar-refractivity contribution in [1.82, 2.24) is 9.97 Å². The lowest BCUT2D eigenvalue weighted by Gasteiger charge is -2.06. The second-order valence-electron chi connectivity index (χ2n) is 3.83. The number of halogens is 1. The van der Waals surface area contributed by atoms with Crippen molar-refractivity contribution in [3.63, 3.8) is 0 Å². The van der Waals surface area contributed by atoms with Crippen LogP contribution in [0.2, 0.25) is 0 Å². The molecule has 15 heavy (non-hydrogen) atoms. The molecule has 0 radical (unpaired) electrons. The van der Waals surface area contributed by atoms with E-state index < -0.39 is 5.82 Å². The highest BCUT2D eigenvalue weighted by Gasteiger charge is 2.08. The summed E-state index contributed by atoms with van der Waals surface area (Å²) in [6.45, 7) is 5.90. The van der Waals surface area contributed by atoms with Gasteiger partial charge in [0.1, 0.15) is 5.82 Å². The molecule has 5 heteroatoms. The number of nitrogens with two attached hydrogens (primary N) is 1. The number of nitrogen functional groups attached to an aromatic ring is 1.